The van der Waals surface area contributed by atoms with E-state index in [-0.39, 0.29) is 5.82 Å². The Morgan fingerprint density at radius 3 is 2.95 bits per heavy atom. The largest absolute Gasteiger partial charge is 0.362 e. The van der Waals surface area contributed by atoms with Crippen molar-refractivity contribution in [3.05, 3.63) is 29.0 Å². The molecule has 4 heteroatoms. The van der Waals surface area contributed by atoms with Gasteiger partial charge in [-0.3, -0.25) is 4.90 Å². The van der Waals surface area contributed by atoms with E-state index >= 15 is 0 Å². The normalized spacial score (nSPS) is 27.6. The molecule has 0 saturated carbocycles. The lowest BCUT2D eigenvalue weighted by Gasteiger charge is -2.45. The van der Waals surface area contributed by atoms with Crippen LogP contribution in [0.1, 0.15) is 26.2 Å². The van der Waals surface area contributed by atoms with Crippen molar-refractivity contribution in [2.45, 2.75) is 38.3 Å². The summed E-state index contributed by atoms with van der Waals surface area (Å²) in [6.07, 6.45) is 3.51. The molecule has 0 N–H and O–H groups in total. The molecule has 1 aromatic rings. The summed E-state index contributed by atoms with van der Waals surface area (Å²) in [6, 6.07) is 5.90. The number of anilines is 1. The maximum absolute atomic E-state index is 14.1. The fourth-order valence-electron chi connectivity index (χ4n) is 3.47. The standard InChI is InChI=1S/C15H20ClFN2/c1-2-11-9-18-8-4-5-12(18)10-19(11)15-13(16)6-3-7-14(15)17/h3,6-7,11-12H,2,4-5,8-10H2,1H3. The molecule has 0 spiro atoms. The van der Waals surface area contributed by atoms with E-state index in [2.05, 4.69) is 16.7 Å². The highest BCUT2D eigenvalue weighted by atomic mass is 35.5. The second-order valence-electron chi connectivity index (χ2n) is 5.58. The van der Waals surface area contributed by atoms with Crippen molar-refractivity contribution in [1.82, 2.24) is 4.90 Å². The van der Waals surface area contributed by atoms with E-state index in [4.69, 9.17) is 11.6 Å². The molecular formula is C15H20ClFN2. The first-order chi connectivity index (χ1) is 9.20. The molecule has 2 atom stereocenters. The van der Waals surface area contributed by atoms with E-state index in [1.54, 1.807) is 12.1 Å². The molecule has 19 heavy (non-hydrogen) atoms. The van der Waals surface area contributed by atoms with Crippen molar-refractivity contribution < 1.29 is 4.39 Å². The van der Waals surface area contributed by atoms with Crippen molar-refractivity contribution >= 4 is 17.3 Å². The summed E-state index contributed by atoms with van der Waals surface area (Å²) in [5, 5.41) is 0.532. The number of hydrogen-bond donors (Lipinski definition) is 0. The Balaban J connectivity index is 1.93. The highest BCUT2D eigenvalue weighted by molar-refractivity contribution is 6.33. The topological polar surface area (TPSA) is 6.48 Å². The Morgan fingerprint density at radius 2 is 2.21 bits per heavy atom. The van der Waals surface area contributed by atoms with E-state index in [9.17, 15) is 4.39 Å². The molecule has 2 nitrogen and oxygen atoms in total. The van der Waals surface area contributed by atoms with Gasteiger partial charge in [-0.15, -0.1) is 0 Å². The predicted octanol–water partition coefficient (Wildman–Crippen LogP) is 3.54. The molecule has 3 rings (SSSR count). The number of hydrogen-bond acceptors (Lipinski definition) is 2. The van der Waals surface area contributed by atoms with Gasteiger partial charge in [0.1, 0.15) is 5.82 Å². The van der Waals surface area contributed by atoms with Crippen molar-refractivity contribution in [2.24, 2.45) is 0 Å². The number of nitrogens with zero attached hydrogens (tertiary/aromatic N) is 2. The third-order valence-electron chi connectivity index (χ3n) is 4.49. The quantitative estimate of drug-likeness (QED) is 0.819. The lowest BCUT2D eigenvalue weighted by atomic mass is 10.0. The van der Waals surface area contributed by atoms with E-state index in [1.165, 1.54) is 25.5 Å². The molecule has 0 radical (unpaired) electrons. The minimum absolute atomic E-state index is 0.197. The summed E-state index contributed by atoms with van der Waals surface area (Å²) < 4.78 is 14.1. The number of para-hydroxylation sites is 1. The lowest BCUT2D eigenvalue weighted by Crippen LogP contribution is -2.56. The first kappa shape index (κ1) is 13.2. The Kier molecular flexibility index (Phi) is 3.68. The second-order valence-corrected chi connectivity index (χ2v) is 5.98. The minimum atomic E-state index is -0.197. The molecule has 2 saturated heterocycles. The van der Waals surface area contributed by atoms with Crippen LogP contribution in [0.2, 0.25) is 5.02 Å². The van der Waals surface area contributed by atoms with E-state index in [1.807, 2.05) is 0 Å². The number of halogens is 2. The van der Waals surface area contributed by atoms with Crippen LogP contribution < -0.4 is 4.90 Å². The molecular weight excluding hydrogens is 263 g/mol. The van der Waals surface area contributed by atoms with Crippen LogP contribution in [0, 0.1) is 5.82 Å². The molecule has 0 amide bonds. The van der Waals surface area contributed by atoms with Gasteiger partial charge in [0.2, 0.25) is 0 Å². The third-order valence-corrected chi connectivity index (χ3v) is 4.79. The lowest BCUT2D eigenvalue weighted by molar-refractivity contribution is 0.194. The summed E-state index contributed by atoms with van der Waals surface area (Å²) >= 11 is 6.23. The predicted molar refractivity (Wildman–Crippen MR) is 77.4 cm³/mol. The average molecular weight is 283 g/mol. The van der Waals surface area contributed by atoms with Gasteiger partial charge < -0.3 is 4.90 Å². The smallest absolute Gasteiger partial charge is 0.148 e. The molecule has 2 unspecified atom stereocenters. The van der Waals surface area contributed by atoms with Gasteiger partial charge in [-0.2, -0.15) is 0 Å². The zero-order valence-corrected chi connectivity index (χ0v) is 12.0. The van der Waals surface area contributed by atoms with Crippen LogP contribution in [-0.4, -0.2) is 36.6 Å². The minimum Gasteiger partial charge on any atom is -0.362 e. The first-order valence-corrected chi connectivity index (χ1v) is 7.53. The monoisotopic (exact) mass is 282 g/mol. The highest BCUT2D eigenvalue weighted by Crippen LogP contribution is 2.35. The molecule has 2 fully saturated rings. The number of piperazine rings is 1. The third kappa shape index (κ3) is 2.34. The van der Waals surface area contributed by atoms with Crippen LogP contribution >= 0.6 is 11.6 Å². The van der Waals surface area contributed by atoms with Gasteiger partial charge in [0.05, 0.1) is 10.7 Å². The molecule has 2 aliphatic heterocycles. The van der Waals surface area contributed by atoms with Crippen LogP contribution in [0.4, 0.5) is 10.1 Å². The van der Waals surface area contributed by atoms with Crippen LogP contribution in [0.15, 0.2) is 18.2 Å². The van der Waals surface area contributed by atoms with Gasteiger partial charge in [-0.25, -0.2) is 4.39 Å². The Labute approximate surface area is 119 Å². The van der Waals surface area contributed by atoms with Gasteiger partial charge in [-0.1, -0.05) is 24.6 Å². The molecule has 1 aromatic carbocycles. The van der Waals surface area contributed by atoms with Crippen LogP contribution in [0.25, 0.3) is 0 Å². The molecule has 0 bridgehead atoms. The summed E-state index contributed by atoms with van der Waals surface area (Å²) in [5.74, 6) is -0.197. The fraction of sp³-hybridized carbons (Fsp3) is 0.600. The van der Waals surface area contributed by atoms with E-state index in [0.717, 1.165) is 19.5 Å². The average Bonchev–Trinajstić information content (AvgIpc) is 2.84. The number of rotatable bonds is 2. The van der Waals surface area contributed by atoms with E-state index < -0.39 is 0 Å². The Bertz CT molecular complexity index is 445. The highest BCUT2D eigenvalue weighted by Gasteiger charge is 2.36. The Hall–Kier alpha value is -0.800. The van der Waals surface area contributed by atoms with Crippen LogP contribution in [0.3, 0.4) is 0 Å². The molecule has 2 heterocycles. The van der Waals surface area contributed by atoms with Crippen LogP contribution in [-0.2, 0) is 0 Å². The zero-order chi connectivity index (χ0) is 13.4. The van der Waals surface area contributed by atoms with Crippen molar-refractivity contribution in [2.75, 3.05) is 24.5 Å². The molecule has 0 aromatic heterocycles. The first-order valence-electron chi connectivity index (χ1n) is 7.15. The number of benzene rings is 1. The Morgan fingerprint density at radius 1 is 1.37 bits per heavy atom. The van der Waals surface area contributed by atoms with E-state index in [0.29, 0.717) is 22.8 Å². The zero-order valence-electron chi connectivity index (χ0n) is 11.3. The van der Waals surface area contributed by atoms with Crippen molar-refractivity contribution in [3.8, 4) is 0 Å². The van der Waals surface area contributed by atoms with Crippen molar-refractivity contribution in [1.29, 1.82) is 0 Å². The number of fused-ring (bicyclic) bond motifs is 1. The van der Waals surface area contributed by atoms with Gasteiger partial charge >= 0.3 is 0 Å². The van der Waals surface area contributed by atoms with Gasteiger partial charge in [0.15, 0.2) is 0 Å². The molecule has 104 valence electrons. The van der Waals surface area contributed by atoms with Gasteiger partial charge in [0, 0.05) is 25.2 Å². The summed E-state index contributed by atoms with van der Waals surface area (Å²) in [4.78, 5) is 4.75. The van der Waals surface area contributed by atoms with Crippen LogP contribution in [0.5, 0.6) is 0 Å². The SMILES string of the molecule is CCC1CN2CCCC2CN1c1c(F)cccc1Cl. The molecule has 2 aliphatic rings. The summed E-state index contributed by atoms with van der Waals surface area (Å²) in [7, 11) is 0. The van der Waals surface area contributed by atoms with Gasteiger partial charge in [-0.05, 0) is 37.9 Å². The summed E-state index contributed by atoms with van der Waals surface area (Å²) in [6.45, 7) is 5.30. The maximum atomic E-state index is 14.1. The maximum Gasteiger partial charge on any atom is 0.148 e. The van der Waals surface area contributed by atoms with Gasteiger partial charge in [0.25, 0.3) is 0 Å². The summed E-state index contributed by atoms with van der Waals surface area (Å²) in [5.41, 5.74) is 0.600. The molecule has 0 aliphatic carbocycles. The fourth-order valence-corrected chi connectivity index (χ4v) is 3.75. The second kappa shape index (κ2) is 5.29. The van der Waals surface area contributed by atoms with Crippen molar-refractivity contribution in [3.63, 3.8) is 0 Å².